The molecule has 0 saturated carbocycles. The molecule has 20 heavy (non-hydrogen) atoms. The predicted octanol–water partition coefficient (Wildman–Crippen LogP) is 2.98. The third-order valence-corrected chi connectivity index (χ3v) is 3.36. The Morgan fingerprint density at radius 2 is 1.85 bits per heavy atom. The van der Waals surface area contributed by atoms with Crippen LogP contribution in [0.5, 0.6) is 0 Å². The maximum atomic E-state index is 12.1. The zero-order valence-corrected chi connectivity index (χ0v) is 11.8. The molecule has 0 aromatic heterocycles. The Labute approximate surface area is 123 Å². The highest BCUT2D eigenvalue weighted by Crippen LogP contribution is 2.25. The van der Waals surface area contributed by atoms with Gasteiger partial charge in [0.1, 0.15) is 0 Å². The molecule has 0 bridgehead atoms. The van der Waals surface area contributed by atoms with Crippen molar-refractivity contribution in [3.63, 3.8) is 0 Å². The van der Waals surface area contributed by atoms with Crippen LogP contribution in [0.1, 0.15) is 20.7 Å². The molecule has 0 fully saturated rings. The van der Waals surface area contributed by atoms with Crippen molar-refractivity contribution in [1.82, 2.24) is 0 Å². The van der Waals surface area contributed by atoms with E-state index in [0.29, 0.717) is 21.4 Å². The summed E-state index contributed by atoms with van der Waals surface area (Å²) in [6.45, 7) is 0. The van der Waals surface area contributed by atoms with Gasteiger partial charge in [-0.15, -0.1) is 0 Å². The molecule has 2 aromatic rings. The summed E-state index contributed by atoms with van der Waals surface area (Å²) >= 11 is 3.26. The van der Waals surface area contributed by atoms with Crippen LogP contribution in [0.4, 0.5) is 11.4 Å². The van der Waals surface area contributed by atoms with Gasteiger partial charge in [-0.25, -0.2) is 4.79 Å². The lowest BCUT2D eigenvalue weighted by Crippen LogP contribution is -2.14. The van der Waals surface area contributed by atoms with Crippen LogP contribution in [0.25, 0.3) is 0 Å². The number of para-hydroxylation sites is 1. The van der Waals surface area contributed by atoms with Crippen LogP contribution in [0, 0.1) is 0 Å². The number of rotatable bonds is 3. The van der Waals surface area contributed by atoms with Gasteiger partial charge in [-0.05, 0) is 46.3 Å². The monoisotopic (exact) mass is 334 g/mol. The second-order valence-corrected chi connectivity index (χ2v) is 4.90. The van der Waals surface area contributed by atoms with Crippen molar-refractivity contribution >= 4 is 39.2 Å². The van der Waals surface area contributed by atoms with Gasteiger partial charge in [-0.2, -0.15) is 0 Å². The number of carboxylic acids is 1. The number of nitrogens with two attached hydrogens (primary N) is 1. The molecule has 0 unspecified atom stereocenters. The zero-order chi connectivity index (χ0) is 14.7. The second kappa shape index (κ2) is 5.75. The van der Waals surface area contributed by atoms with Crippen LogP contribution < -0.4 is 11.1 Å². The molecular weight excluding hydrogens is 324 g/mol. The van der Waals surface area contributed by atoms with Crippen LogP contribution in [-0.2, 0) is 0 Å². The number of carboxylic acid groups (broad SMARTS) is 1. The van der Waals surface area contributed by atoms with Crippen molar-refractivity contribution in [3.05, 3.63) is 58.1 Å². The first-order valence-corrected chi connectivity index (χ1v) is 6.47. The number of anilines is 2. The largest absolute Gasteiger partial charge is 0.478 e. The number of hydrogen-bond donors (Lipinski definition) is 3. The highest BCUT2D eigenvalue weighted by atomic mass is 79.9. The normalized spacial score (nSPS) is 10.1. The second-order valence-electron chi connectivity index (χ2n) is 4.04. The van der Waals surface area contributed by atoms with Gasteiger partial charge in [0.25, 0.3) is 5.91 Å². The van der Waals surface area contributed by atoms with Crippen LogP contribution in [0.15, 0.2) is 46.9 Å². The molecular formula is C14H11BrN2O3. The van der Waals surface area contributed by atoms with E-state index in [0.717, 1.165) is 0 Å². The van der Waals surface area contributed by atoms with E-state index in [1.165, 1.54) is 12.1 Å². The molecule has 5 nitrogen and oxygen atoms in total. The number of carbonyl (C=O) groups excluding carboxylic acids is 1. The van der Waals surface area contributed by atoms with Crippen molar-refractivity contribution in [3.8, 4) is 0 Å². The molecule has 0 aliphatic heterocycles. The maximum Gasteiger partial charge on any atom is 0.335 e. The van der Waals surface area contributed by atoms with Crippen LogP contribution in [0.3, 0.4) is 0 Å². The third kappa shape index (κ3) is 2.97. The summed E-state index contributed by atoms with van der Waals surface area (Å²) in [4.78, 5) is 23.0. The number of halogens is 1. The fourth-order valence-electron chi connectivity index (χ4n) is 1.65. The number of carbonyl (C=O) groups is 2. The minimum absolute atomic E-state index is 0.0875. The van der Waals surface area contributed by atoms with Gasteiger partial charge in [0.05, 0.1) is 16.8 Å². The zero-order valence-electron chi connectivity index (χ0n) is 10.3. The molecule has 0 aliphatic rings. The van der Waals surface area contributed by atoms with E-state index in [4.69, 9.17) is 10.8 Å². The molecule has 0 atom stereocenters. The van der Waals surface area contributed by atoms with Gasteiger partial charge < -0.3 is 16.2 Å². The molecule has 2 rings (SSSR count). The van der Waals surface area contributed by atoms with E-state index < -0.39 is 11.9 Å². The fourth-order valence-corrected chi connectivity index (χ4v) is 1.99. The highest BCUT2D eigenvalue weighted by Gasteiger charge is 2.12. The number of aromatic carboxylic acids is 1. The standard InChI is InChI=1S/C14H11BrN2O3/c15-10-6-5-8(14(19)20)7-12(10)17-13(18)9-3-1-2-4-11(9)16/h1-7H,16H2,(H,17,18)(H,19,20). The van der Waals surface area contributed by atoms with Gasteiger partial charge in [0, 0.05) is 10.2 Å². The summed E-state index contributed by atoms with van der Waals surface area (Å²) in [6, 6.07) is 11.0. The Morgan fingerprint density at radius 1 is 1.15 bits per heavy atom. The van der Waals surface area contributed by atoms with E-state index in [2.05, 4.69) is 21.2 Å². The molecule has 0 radical (unpaired) electrons. The minimum atomic E-state index is -1.06. The van der Waals surface area contributed by atoms with Crippen molar-refractivity contribution in [2.75, 3.05) is 11.1 Å². The third-order valence-electron chi connectivity index (χ3n) is 2.67. The van der Waals surface area contributed by atoms with Gasteiger partial charge in [0.2, 0.25) is 0 Å². The van der Waals surface area contributed by atoms with E-state index >= 15 is 0 Å². The first-order chi connectivity index (χ1) is 9.49. The van der Waals surface area contributed by atoms with Gasteiger partial charge in [-0.1, -0.05) is 12.1 Å². The van der Waals surface area contributed by atoms with E-state index in [-0.39, 0.29) is 5.56 Å². The Hall–Kier alpha value is -2.34. The molecule has 2 aromatic carbocycles. The lowest BCUT2D eigenvalue weighted by molar-refractivity contribution is 0.0696. The summed E-state index contributed by atoms with van der Waals surface area (Å²) in [5.74, 6) is -1.46. The predicted molar refractivity (Wildman–Crippen MR) is 79.9 cm³/mol. The number of amides is 1. The van der Waals surface area contributed by atoms with Crippen LogP contribution >= 0.6 is 15.9 Å². The molecule has 6 heteroatoms. The molecule has 0 heterocycles. The molecule has 0 saturated heterocycles. The summed E-state index contributed by atoms with van der Waals surface area (Å²) in [7, 11) is 0. The van der Waals surface area contributed by atoms with Crippen molar-refractivity contribution < 1.29 is 14.7 Å². The van der Waals surface area contributed by atoms with Gasteiger partial charge >= 0.3 is 5.97 Å². The van der Waals surface area contributed by atoms with E-state index in [9.17, 15) is 9.59 Å². The quantitative estimate of drug-likeness (QED) is 0.752. The molecule has 0 spiro atoms. The number of benzene rings is 2. The minimum Gasteiger partial charge on any atom is -0.478 e. The lowest BCUT2D eigenvalue weighted by Gasteiger charge is -2.09. The van der Waals surface area contributed by atoms with E-state index in [1.54, 1.807) is 30.3 Å². The average molecular weight is 335 g/mol. The first-order valence-electron chi connectivity index (χ1n) is 5.67. The molecule has 1 amide bonds. The molecule has 102 valence electrons. The van der Waals surface area contributed by atoms with Gasteiger partial charge in [-0.3, -0.25) is 4.79 Å². The van der Waals surface area contributed by atoms with Crippen LogP contribution in [0.2, 0.25) is 0 Å². The number of nitrogens with one attached hydrogen (secondary N) is 1. The summed E-state index contributed by atoms with van der Waals surface area (Å²) < 4.78 is 0.588. The van der Waals surface area contributed by atoms with Gasteiger partial charge in [0.15, 0.2) is 0 Å². The summed E-state index contributed by atoms with van der Waals surface area (Å²) in [6.07, 6.45) is 0. The topological polar surface area (TPSA) is 92.4 Å². The van der Waals surface area contributed by atoms with Crippen molar-refractivity contribution in [2.24, 2.45) is 0 Å². The fraction of sp³-hybridized carbons (Fsp3) is 0. The Morgan fingerprint density at radius 3 is 2.50 bits per heavy atom. The molecule has 0 aliphatic carbocycles. The van der Waals surface area contributed by atoms with E-state index in [1.807, 2.05) is 0 Å². The number of hydrogen-bond acceptors (Lipinski definition) is 3. The summed E-state index contributed by atoms with van der Waals surface area (Å²) in [5.41, 5.74) is 6.88. The SMILES string of the molecule is Nc1ccccc1C(=O)Nc1cc(C(=O)O)ccc1Br. The average Bonchev–Trinajstić information content (AvgIpc) is 2.41. The smallest absolute Gasteiger partial charge is 0.335 e. The first kappa shape index (κ1) is 14.1. The molecule has 4 N–H and O–H groups in total. The van der Waals surface area contributed by atoms with Crippen molar-refractivity contribution in [2.45, 2.75) is 0 Å². The summed E-state index contributed by atoms with van der Waals surface area (Å²) in [5, 5.41) is 11.6. The van der Waals surface area contributed by atoms with Crippen LogP contribution in [-0.4, -0.2) is 17.0 Å². The Bertz CT molecular complexity index is 686. The number of nitrogen functional groups attached to an aromatic ring is 1. The van der Waals surface area contributed by atoms with Crippen molar-refractivity contribution in [1.29, 1.82) is 0 Å². The maximum absolute atomic E-state index is 12.1. The Balaban J connectivity index is 2.30. The highest BCUT2D eigenvalue weighted by molar-refractivity contribution is 9.10. The lowest BCUT2D eigenvalue weighted by atomic mass is 10.1. The Kier molecular flexibility index (Phi) is 4.05.